The van der Waals surface area contributed by atoms with Crippen molar-refractivity contribution in [2.24, 2.45) is 0 Å². The molecule has 2 aromatic carbocycles. The summed E-state index contributed by atoms with van der Waals surface area (Å²) in [6.07, 6.45) is 1.58. The fraction of sp³-hybridized carbons (Fsp3) is 0.227. The summed E-state index contributed by atoms with van der Waals surface area (Å²) in [4.78, 5) is 25.6. The Labute approximate surface area is 188 Å². The van der Waals surface area contributed by atoms with Crippen molar-refractivity contribution in [2.45, 2.75) is 5.03 Å². The molecular weight excluding hydrogens is 462 g/mol. The SMILES string of the molecule is O=C(CSc1cc(N2CCN(c3ccccc3)CC2)ncn1)Nc1ccc(Br)cc1. The first kappa shape index (κ1) is 20.7. The number of thioether (sulfide) groups is 1. The lowest BCUT2D eigenvalue weighted by Crippen LogP contribution is -2.46. The number of piperazine rings is 1. The van der Waals surface area contributed by atoms with Gasteiger partial charge in [0.25, 0.3) is 0 Å². The molecule has 8 heteroatoms. The third kappa shape index (κ3) is 5.52. The van der Waals surface area contributed by atoms with E-state index in [0.29, 0.717) is 5.75 Å². The lowest BCUT2D eigenvalue weighted by molar-refractivity contribution is -0.113. The highest BCUT2D eigenvalue weighted by atomic mass is 79.9. The largest absolute Gasteiger partial charge is 0.368 e. The van der Waals surface area contributed by atoms with Gasteiger partial charge in [0.05, 0.1) is 5.75 Å². The normalized spacial score (nSPS) is 13.9. The molecule has 154 valence electrons. The lowest BCUT2D eigenvalue weighted by Gasteiger charge is -2.36. The van der Waals surface area contributed by atoms with E-state index in [2.05, 4.69) is 65.3 Å². The van der Waals surface area contributed by atoms with E-state index in [-0.39, 0.29) is 5.91 Å². The summed E-state index contributed by atoms with van der Waals surface area (Å²) < 4.78 is 0.980. The quantitative estimate of drug-likeness (QED) is 0.416. The predicted molar refractivity (Wildman–Crippen MR) is 126 cm³/mol. The van der Waals surface area contributed by atoms with E-state index < -0.39 is 0 Å². The van der Waals surface area contributed by atoms with Crippen LogP contribution in [0.1, 0.15) is 0 Å². The maximum Gasteiger partial charge on any atom is 0.234 e. The van der Waals surface area contributed by atoms with Crippen LogP contribution >= 0.6 is 27.7 Å². The molecule has 0 bridgehead atoms. The summed E-state index contributed by atoms with van der Waals surface area (Å²) in [5.41, 5.74) is 2.04. The van der Waals surface area contributed by atoms with Crippen LogP contribution in [0.2, 0.25) is 0 Å². The molecule has 0 aliphatic carbocycles. The van der Waals surface area contributed by atoms with Gasteiger partial charge < -0.3 is 15.1 Å². The predicted octanol–water partition coefficient (Wildman–Crippen LogP) is 4.30. The van der Waals surface area contributed by atoms with E-state index in [1.807, 2.05) is 36.4 Å². The number of rotatable bonds is 6. The van der Waals surface area contributed by atoms with E-state index in [4.69, 9.17) is 0 Å². The number of benzene rings is 2. The molecule has 1 amide bonds. The topological polar surface area (TPSA) is 61.4 Å². The first-order valence-electron chi connectivity index (χ1n) is 9.72. The summed E-state index contributed by atoms with van der Waals surface area (Å²) in [5.74, 6) is 1.15. The molecule has 1 saturated heterocycles. The standard InChI is InChI=1S/C22H22BrN5OS/c23-17-6-8-18(9-7-17)26-21(29)15-30-22-14-20(24-16-25-22)28-12-10-27(11-13-28)19-4-2-1-3-5-19/h1-9,14,16H,10-13,15H2,(H,26,29). The molecule has 1 aliphatic heterocycles. The van der Waals surface area contributed by atoms with Crippen molar-refractivity contribution in [3.8, 4) is 0 Å². The van der Waals surface area contributed by atoms with Crippen molar-refractivity contribution in [3.05, 3.63) is 71.5 Å². The molecule has 3 aromatic rings. The number of hydrogen-bond donors (Lipinski definition) is 1. The molecule has 0 atom stereocenters. The van der Waals surface area contributed by atoms with Gasteiger partial charge >= 0.3 is 0 Å². The Kier molecular flexibility index (Phi) is 6.86. The van der Waals surface area contributed by atoms with Crippen LogP contribution in [0.15, 0.2) is 76.5 Å². The molecule has 0 spiro atoms. The average molecular weight is 484 g/mol. The van der Waals surface area contributed by atoms with E-state index in [1.54, 1.807) is 6.33 Å². The summed E-state index contributed by atoms with van der Waals surface area (Å²) in [5, 5.41) is 3.70. The van der Waals surface area contributed by atoms with Crippen LogP contribution in [-0.2, 0) is 4.79 Å². The number of carbonyl (C=O) groups excluding carboxylic acids is 1. The highest BCUT2D eigenvalue weighted by Crippen LogP contribution is 2.23. The maximum atomic E-state index is 12.2. The van der Waals surface area contributed by atoms with Crippen molar-refractivity contribution in [1.29, 1.82) is 0 Å². The molecule has 1 fully saturated rings. The molecule has 4 rings (SSSR count). The number of nitrogens with zero attached hydrogens (tertiary/aromatic N) is 4. The first-order chi connectivity index (χ1) is 14.7. The average Bonchev–Trinajstić information content (AvgIpc) is 2.80. The zero-order valence-electron chi connectivity index (χ0n) is 16.4. The molecule has 1 aliphatic rings. The van der Waals surface area contributed by atoms with Gasteiger partial charge in [-0.25, -0.2) is 9.97 Å². The second-order valence-electron chi connectivity index (χ2n) is 6.87. The number of hydrogen-bond acceptors (Lipinski definition) is 6. The molecule has 1 aromatic heterocycles. The van der Waals surface area contributed by atoms with Gasteiger partial charge in [-0.05, 0) is 36.4 Å². The Hall–Kier alpha value is -2.58. The highest BCUT2D eigenvalue weighted by molar-refractivity contribution is 9.10. The number of nitrogens with one attached hydrogen (secondary N) is 1. The van der Waals surface area contributed by atoms with Gasteiger partial charge in [-0.3, -0.25) is 4.79 Å². The monoisotopic (exact) mass is 483 g/mol. The molecule has 0 radical (unpaired) electrons. The van der Waals surface area contributed by atoms with E-state index in [0.717, 1.165) is 47.2 Å². The molecule has 0 saturated carbocycles. The summed E-state index contributed by atoms with van der Waals surface area (Å²) in [6.45, 7) is 3.71. The number of carbonyl (C=O) groups is 1. The van der Waals surface area contributed by atoms with Crippen LogP contribution in [0.3, 0.4) is 0 Å². The third-order valence-corrected chi connectivity index (χ3v) is 6.29. The Balaban J connectivity index is 1.30. The highest BCUT2D eigenvalue weighted by Gasteiger charge is 2.19. The fourth-order valence-electron chi connectivity index (χ4n) is 3.28. The molecule has 1 N–H and O–H groups in total. The van der Waals surface area contributed by atoms with Crippen LogP contribution < -0.4 is 15.1 Å². The number of amides is 1. The van der Waals surface area contributed by atoms with Crippen molar-refractivity contribution < 1.29 is 4.79 Å². The van der Waals surface area contributed by atoms with E-state index >= 15 is 0 Å². The number of para-hydroxylation sites is 1. The van der Waals surface area contributed by atoms with Gasteiger partial charge in [0.15, 0.2) is 0 Å². The van der Waals surface area contributed by atoms with Crippen LogP contribution in [0.4, 0.5) is 17.2 Å². The first-order valence-corrected chi connectivity index (χ1v) is 11.5. The van der Waals surface area contributed by atoms with E-state index in [1.165, 1.54) is 17.4 Å². The Morgan fingerprint density at radius 2 is 1.67 bits per heavy atom. The van der Waals surface area contributed by atoms with Crippen molar-refractivity contribution in [3.63, 3.8) is 0 Å². The maximum absolute atomic E-state index is 12.2. The minimum absolute atomic E-state index is 0.0565. The second-order valence-corrected chi connectivity index (χ2v) is 8.78. The molecule has 2 heterocycles. The zero-order valence-corrected chi connectivity index (χ0v) is 18.8. The van der Waals surface area contributed by atoms with E-state index in [9.17, 15) is 4.79 Å². The van der Waals surface area contributed by atoms with Crippen LogP contribution in [0.5, 0.6) is 0 Å². The third-order valence-electron chi connectivity index (χ3n) is 4.83. The van der Waals surface area contributed by atoms with Crippen LogP contribution in [-0.4, -0.2) is 47.8 Å². The van der Waals surface area contributed by atoms with Gasteiger partial charge in [-0.15, -0.1) is 0 Å². The zero-order chi connectivity index (χ0) is 20.8. The number of anilines is 3. The van der Waals surface area contributed by atoms with Crippen molar-refractivity contribution in [1.82, 2.24) is 9.97 Å². The van der Waals surface area contributed by atoms with Gasteiger partial charge in [0, 0.05) is 48.1 Å². The Morgan fingerprint density at radius 3 is 2.40 bits per heavy atom. The number of halogens is 1. The summed E-state index contributed by atoms with van der Waals surface area (Å²) in [6, 6.07) is 20.0. The van der Waals surface area contributed by atoms with Crippen LogP contribution in [0, 0.1) is 0 Å². The molecule has 0 unspecified atom stereocenters. The number of aromatic nitrogens is 2. The van der Waals surface area contributed by atoms with Crippen LogP contribution in [0.25, 0.3) is 0 Å². The van der Waals surface area contributed by atoms with Gasteiger partial charge in [-0.1, -0.05) is 45.9 Å². The second kappa shape index (κ2) is 9.95. The minimum Gasteiger partial charge on any atom is -0.368 e. The van der Waals surface area contributed by atoms with Gasteiger partial charge in [0.2, 0.25) is 5.91 Å². The molecule has 6 nitrogen and oxygen atoms in total. The van der Waals surface area contributed by atoms with Crippen molar-refractivity contribution >= 4 is 50.8 Å². The fourth-order valence-corrected chi connectivity index (χ4v) is 4.21. The van der Waals surface area contributed by atoms with Gasteiger partial charge in [-0.2, -0.15) is 0 Å². The minimum atomic E-state index is -0.0565. The Bertz CT molecular complexity index is 978. The summed E-state index contributed by atoms with van der Waals surface area (Å²) >= 11 is 4.81. The van der Waals surface area contributed by atoms with Crippen molar-refractivity contribution in [2.75, 3.05) is 47.0 Å². The Morgan fingerprint density at radius 1 is 0.967 bits per heavy atom. The molecule has 30 heavy (non-hydrogen) atoms. The lowest BCUT2D eigenvalue weighted by atomic mass is 10.2. The summed E-state index contributed by atoms with van der Waals surface area (Å²) in [7, 11) is 0. The van der Waals surface area contributed by atoms with Gasteiger partial charge in [0.1, 0.15) is 17.2 Å². The molecular formula is C22H22BrN5OS. The smallest absolute Gasteiger partial charge is 0.234 e.